The Labute approximate surface area is 167 Å². The van der Waals surface area contributed by atoms with Crippen molar-refractivity contribution in [2.24, 2.45) is 0 Å². The molecular weight excluding hydrogens is 356 g/mol. The lowest BCUT2D eigenvalue weighted by Gasteiger charge is -2.04. The molecule has 6 rings (SSSR count). The van der Waals surface area contributed by atoms with Gasteiger partial charge in [-0.25, -0.2) is 9.97 Å². The average molecular weight is 374 g/mol. The number of rotatable bonds is 1. The third-order valence-electron chi connectivity index (χ3n) is 5.85. The molecule has 0 unspecified atom stereocenters. The zero-order chi connectivity index (χ0) is 19.5. The molecule has 0 fully saturated rings. The largest absolute Gasteiger partial charge is 0.452 e. The maximum atomic E-state index is 6.30. The topological polar surface area (TPSA) is 38.9 Å². The predicted molar refractivity (Wildman–Crippen MR) is 119 cm³/mol. The van der Waals surface area contributed by atoms with E-state index >= 15 is 0 Å². The standard InChI is InChI=1S/C26H18N2O/c1-15-9-20-12-22-23(13-21(20)10-16(15)2)29-26-24(27-14-28-25(22)26)19-8-7-17-5-3-4-6-18(17)11-19/h3-14H,1-2H3. The molecule has 2 heterocycles. The molecule has 0 saturated carbocycles. The molecule has 0 aliphatic heterocycles. The summed E-state index contributed by atoms with van der Waals surface area (Å²) in [6, 6.07) is 23.5. The summed E-state index contributed by atoms with van der Waals surface area (Å²) in [5.74, 6) is 0. The number of nitrogens with zero attached hydrogens (tertiary/aromatic N) is 2. The van der Waals surface area contributed by atoms with E-state index in [0.717, 1.165) is 33.3 Å². The minimum Gasteiger partial charge on any atom is -0.452 e. The lowest BCUT2D eigenvalue weighted by atomic mass is 10.0. The van der Waals surface area contributed by atoms with Crippen LogP contribution in [0.5, 0.6) is 0 Å². The average Bonchev–Trinajstić information content (AvgIpc) is 3.10. The fourth-order valence-corrected chi connectivity index (χ4v) is 4.14. The Morgan fingerprint density at radius 3 is 2.28 bits per heavy atom. The molecule has 3 heteroatoms. The van der Waals surface area contributed by atoms with Crippen LogP contribution in [0.25, 0.3) is 54.9 Å². The van der Waals surface area contributed by atoms with E-state index in [0.29, 0.717) is 0 Å². The van der Waals surface area contributed by atoms with Gasteiger partial charge in [0.1, 0.15) is 23.1 Å². The summed E-state index contributed by atoms with van der Waals surface area (Å²) in [4.78, 5) is 9.13. The highest BCUT2D eigenvalue weighted by Gasteiger charge is 2.16. The fourth-order valence-electron chi connectivity index (χ4n) is 4.14. The number of furan rings is 1. The van der Waals surface area contributed by atoms with Crippen LogP contribution in [0.3, 0.4) is 0 Å². The minimum atomic E-state index is 0.738. The van der Waals surface area contributed by atoms with Gasteiger partial charge in [-0.3, -0.25) is 0 Å². The van der Waals surface area contributed by atoms with Gasteiger partial charge in [-0.05, 0) is 64.7 Å². The summed E-state index contributed by atoms with van der Waals surface area (Å²) in [6.07, 6.45) is 1.63. The lowest BCUT2D eigenvalue weighted by molar-refractivity contribution is 0.667. The molecule has 2 aromatic heterocycles. The van der Waals surface area contributed by atoms with Crippen LogP contribution in [-0.2, 0) is 0 Å². The molecule has 0 aliphatic carbocycles. The number of hydrogen-bond acceptors (Lipinski definition) is 3. The zero-order valence-electron chi connectivity index (χ0n) is 16.2. The molecule has 0 bridgehead atoms. The smallest absolute Gasteiger partial charge is 0.180 e. The highest BCUT2D eigenvalue weighted by molar-refractivity contribution is 6.11. The molecule has 0 N–H and O–H groups in total. The van der Waals surface area contributed by atoms with Crippen LogP contribution in [0, 0.1) is 13.8 Å². The van der Waals surface area contributed by atoms with Gasteiger partial charge in [-0.1, -0.05) is 48.5 Å². The highest BCUT2D eigenvalue weighted by atomic mass is 16.3. The first kappa shape index (κ1) is 16.3. The number of aromatic nitrogens is 2. The van der Waals surface area contributed by atoms with Crippen LogP contribution in [0.4, 0.5) is 0 Å². The maximum absolute atomic E-state index is 6.30. The van der Waals surface area contributed by atoms with E-state index in [4.69, 9.17) is 4.42 Å². The van der Waals surface area contributed by atoms with E-state index in [2.05, 4.69) is 90.5 Å². The van der Waals surface area contributed by atoms with Crippen LogP contribution >= 0.6 is 0 Å². The summed E-state index contributed by atoms with van der Waals surface area (Å²) >= 11 is 0. The van der Waals surface area contributed by atoms with Crippen molar-refractivity contribution < 1.29 is 4.42 Å². The van der Waals surface area contributed by atoms with Gasteiger partial charge in [0.05, 0.1) is 0 Å². The van der Waals surface area contributed by atoms with Crippen molar-refractivity contribution in [2.75, 3.05) is 0 Å². The van der Waals surface area contributed by atoms with E-state index in [1.807, 2.05) is 0 Å². The predicted octanol–water partition coefficient (Wildman–Crippen LogP) is 6.97. The monoisotopic (exact) mass is 374 g/mol. The SMILES string of the molecule is Cc1cc2cc3oc4c(-c5ccc6ccccc6c5)ncnc4c3cc2cc1C. The second-order valence-corrected chi connectivity index (χ2v) is 7.70. The molecular formula is C26H18N2O. The Kier molecular flexibility index (Phi) is 3.30. The number of aryl methyl sites for hydroxylation is 2. The van der Waals surface area contributed by atoms with Crippen LogP contribution in [0.2, 0.25) is 0 Å². The van der Waals surface area contributed by atoms with Crippen molar-refractivity contribution in [1.82, 2.24) is 9.97 Å². The molecule has 0 amide bonds. The molecule has 4 aromatic carbocycles. The van der Waals surface area contributed by atoms with Crippen molar-refractivity contribution in [1.29, 1.82) is 0 Å². The number of hydrogen-bond donors (Lipinski definition) is 0. The Morgan fingerprint density at radius 2 is 1.45 bits per heavy atom. The van der Waals surface area contributed by atoms with Gasteiger partial charge < -0.3 is 4.42 Å². The van der Waals surface area contributed by atoms with Gasteiger partial charge in [0.25, 0.3) is 0 Å². The molecule has 0 saturated heterocycles. The van der Waals surface area contributed by atoms with Crippen LogP contribution in [-0.4, -0.2) is 9.97 Å². The number of benzene rings is 4. The van der Waals surface area contributed by atoms with E-state index in [9.17, 15) is 0 Å². The first-order valence-corrected chi connectivity index (χ1v) is 9.75. The third kappa shape index (κ3) is 2.44. The summed E-state index contributed by atoms with van der Waals surface area (Å²) in [5, 5.41) is 5.81. The van der Waals surface area contributed by atoms with Gasteiger partial charge in [0, 0.05) is 10.9 Å². The molecule has 0 aliphatic rings. The van der Waals surface area contributed by atoms with E-state index in [1.54, 1.807) is 6.33 Å². The van der Waals surface area contributed by atoms with Crippen molar-refractivity contribution in [2.45, 2.75) is 13.8 Å². The number of fused-ring (bicyclic) bond motifs is 5. The van der Waals surface area contributed by atoms with Crippen molar-refractivity contribution >= 4 is 43.6 Å². The van der Waals surface area contributed by atoms with E-state index < -0.39 is 0 Å². The Hall–Kier alpha value is -3.72. The third-order valence-corrected chi connectivity index (χ3v) is 5.85. The Bertz CT molecular complexity index is 1580. The molecule has 6 aromatic rings. The second kappa shape index (κ2) is 5.89. The molecule has 3 nitrogen and oxygen atoms in total. The van der Waals surface area contributed by atoms with E-state index in [1.165, 1.54) is 32.7 Å². The van der Waals surface area contributed by atoms with Gasteiger partial charge in [0.15, 0.2) is 5.58 Å². The Morgan fingerprint density at radius 1 is 0.690 bits per heavy atom. The van der Waals surface area contributed by atoms with Crippen molar-refractivity contribution in [3.8, 4) is 11.3 Å². The summed E-state index contributed by atoms with van der Waals surface area (Å²) in [6.45, 7) is 4.29. The van der Waals surface area contributed by atoms with Gasteiger partial charge in [-0.2, -0.15) is 0 Å². The van der Waals surface area contributed by atoms with Gasteiger partial charge in [0.2, 0.25) is 0 Å². The normalized spacial score (nSPS) is 11.8. The van der Waals surface area contributed by atoms with Gasteiger partial charge in [-0.15, -0.1) is 0 Å². The van der Waals surface area contributed by atoms with E-state index in [-0.39, 0.29) is 0 Å². The zero-order valence-corrected chi connectivity index (χ0v) is 16.2. The molecule has 0 radical (unpaired) electrons. The molecule has 138 valence electrons. The summed E-state index contributed by atoms with van der Waals surface area (Å²) in [5.41, 5.74) is 6.87. The second-order valence-electron chi connectivity index (χ2n) is 7.70. The highest BCUT2D eigenvalue weighted by Crippen LogP contribution is 2.36. The van der Waals surface area contributed by atoms with Crippen LogP contribution in [0.15, 0.2) is 77.5 Å². The summed E-state index contributed by atoms with van der Waals surface area (Å²) in [7, 11) is 0. The maximum Gasteiger partial charge on any atom is 0.180 e. The summed E-state index contributed by atoms with van der Waals surface area (Å²) < 4.78 is 6.30. The molecule has 0 atom stereocenters. The quantitative estimate of drug-likeness (QED) is 0.312. The Balaban J connectivity index is 1.65. The fraction of sp³-hybridized carbons (Fsp3) is 0.0769. The van der Waals surface area contributed by atoms with Crippen LogP contribution < -0.4 is 0 Å². The van der Waals surface area contributed by atoms with Crippen molar-refractivity contribution in [3.63, 3.8) is 0 Å². The van der Waals surface area contributed by atoms with Crippen LogP contribution in [0.1, 0.15) is 11.1 Å². The lowest BCUT2D eigenvalue weighted by Crippen LogP contribution is -1.87. The first-order chi connectivity index (χ1) is 14.2. The molecule has 29 heavy (non-hydrogen) atoms. The first-order valence-electron chi connectivity index (χ1n) is 9.75. The minimum absolute atomic E-state index is 0.738. The van der Waals surface area contributed by atoms with Gasteiger partial charge >= 0.3 is 0 Å². The molecule has 0 spiro atoms. The van der Waals surface area contributed by atoms with Crippen molar-refractivity contribution in [3.05, 3.63) is 84.2 Å².